The van der Waals surface area contributed by atoms with Crippen LogP contribution < -0.4 is 20.3 Å². The molecule has 0 bridgehead atoms. The normalized spacial score (nSPS) is 23.4. The molecule has 2 atom stereocenters. The average molecular weight is 333 g/mol. The zero-order valence-electron chi connectivity index (χ0n) is 13.8. The zero-order valence-corrected chi connectivity index (χ0v) is 13.8. The highest BCUT2D eigenvalue weighted by Gasteiger charge is 2.31. The molecule has 3 rings (SSSR count). The summed E-state index contributed by atoms with van der Waals surface area (Å²) >= 11 is 0. The molecule has 2 aliphatic heterocycles. The molecule has 0 spiro atoms. The van der Waals surface area contributed by atoms with E-state index in [1.54, 1.807) is 12.0 Å². The smallest absolute Gasteiger partial charge is 0.315 e. The van der Waals surface area contributed by atoms with E-state index in [1.807, 2.05) is 24.3 Å². The van der Waals surface area contributed by atoms with E-state index in [-0.39, 0.29) is 24.1 Å². The van der Waals surface area contributed by atoms with E-state index in [0.29, 0.717) is 25.3 Å². The van der Waals surface area contributed by atoms with E-state index in [2.05, 4.69) is 10.6 Å². The number of ether oxygens (including phenoxy) is 2. The van der Waals surface area contributed by atoms with Crippen LogP contribution in [-0.4, -0.2) is 50.9 Å². The van der Waals surface area contributed by atoms with E-state index in [4.69, 9.17) is 9.47 Å². The second kappa shape index (κ2) is 7.53. The maximum atomic E-state index is 12.2. The standard InChI is InChI=1S/C17H23N3O4/c1-23-14-5-2-4-13(9-14)20-11-12(8-16(20)21)19-17(22)18-10-15-6-3-7-24-15/h2,4-5,9,12,15H,3,6-8,10-11H2,1H3,(H2,18,19,22). The van der Waals surface area contributed by atoms with Crippen LogP contribution in [0.1, 0.15) is 19.3 Å². The minimum absolute atomic E-state index is 0.00678. The number of benzene rings is 1. The lowest BCUT2D eigenvalue weighted by molar-refractivity contribution is -0.117. The minimum Gasteiger partial charge on any atom is -0.497 e. The third-order valence-electron chi connectivity index (χ3n) is 4.34. The molecule has 1 aromatic rings. The first-order valence-corrected chi connectivity index (χ1v) is 8.26. The fraction of sp³-hybridized carbons (Fsp3) is 0.529. The van der Waals surface area contributed by atoms with Gasteiger partial charge in [0.15, 0.2) is 0 Å². The summed E-state index contributed by atoms with van der Waals surface area (Å²) in [5.74, 6) is 0.693. The number of nitrogens with one attached hydrogen (secondary N) is 2. The van der Waals surface area contributed by atoms with Gasteiger partial charge in [-0.05, 0) is 25.0 Å². The topological polar surface area (TPSA) is 79.9 Å². The molecule has 2 fully saturated rings. The van der Waals surface area contributed by atoms with Gasteiger partial charge >= 0.3 is 6.03 Å². The summed E-state index contributed by atoms with van der Waals surface area (Å²) < 4.78 is 10.7. The summed E-state index contributed by atoms with van der Waals surface area (Å²) in [4.78, 5) is 25.9. The Kier molecular flexibility index (Phi) is 5.20. The van der Waals surface area contributed by atoms with Crippen molar-refractivity contribution in [3.8, 4) is 5.75 Å². The van der Waals surface area contributed by atoms with E-state index in [1.165, 1.54) is 0 Å². The van der Waals surface area contributed by atoms with Crippen molar-refractivity contribution < 1.29 is 19.1 Å². The van der Waals surface area contributed by atoms with Gasteiger partial charge in [-0.3, -0.25) is 4.79 Å². The van der Waals surface area contributed by atoms with Crippen LogP contribution in [0.15, 0.2) is 24.3 Å². The lowest BCUT2D eigenvalue weighted by atomic mass is 10.2. The van der Waals surface area contributed by atoms with Gasteiger partial charge in [0, 0.05) is 37.9 Å². The summed E-state index contributed by atoms with van der Waals surface area (Å²) in [6.45, 7) is 1.73. The predicted octanol–water partition coefficient (Wildman–Crippen LogP) is 1.28. The molecule has 2 aliphatic rings. The van der Waals surface area contributed by atoms with Gasteiger partial charge in [-0.1, -0.05) is 6.07 Å². The number of carbonyl (C=O) groups excluding carboxylic acids is 2. The number of hydrogen-bond donors (Lipinski definition) is 2. The van der Waals surface area contributed by atoms with Crippen molar-refractivity contribution in [3.63, 3.8) is 0 Å². The fourth-order valence-electron chi connectivity index (χ4n) is 3.08. The molecule has 130 valence electrons. The van der Waals surface area contributed by atoms with E-state index >= 15 is 0 Å². The lowest BCUT2D eigenvalue weighted by Gasteiger charge is -2.18. The van der Waals surface area contributed by atoms with Crippen LogP contribution in [0.3, 0.4) is 0 Å². The molecule has 0 aromatic heterocycles. The quantitative estimate of drug-likeness (QED) is 0.851. The molecule has 2 saturated heterocycles. The van der Waals surface area contributed by atoms with Crippen LogP contribution in [0, 0.1) is 0 Å². The Morgan fingerprint density at radius 1 is 1.46 bits per heavy atom. The summed E-state index contributed by atoms with van der Waals surface area (Å²) in [6.07, 6.45) is 2.42. The van der Waals surface area contributed by atoms with Gasteiger partial charge in [0.05, 0.1) is 19.3 Å². The number of carbonyl (C=O) groups is 2. The first-order chi connectivity index (χ1) is 11.7. The number of amides is 3. The largest absolute Gasteiger partial charge is 0.497 e. The van der Waals surface area contributed by atoms with Crippen LogP contribution in [0.4, 0.5) is 10.5 Å². The Balaban J connectivity index is 1.51. The molecule has 2 N–H and O–H groups in total. The Hall–Kier alpha value is -2.28. The summed E-state index contributed by atoms with van der Waals surface area (Å²) in [6, 6.07) is 6.90. The van der Waals surface area contributed by atoms with Gasteiger partial charge in [0.1, 0.15) is 5.75 Å². The maximum absolute atomic E-state index is 12.2. The molecule has 1 aromatic carbocycles. The van der Waals surface area contributed by atoms with Crippen LogP contribution in [0.5, 0.6) is 5.75 Å². The molecular formula is C17H23N3O4. The molecule has 0 saturated carbocycles. The molecule has 7 nitrogen and oxygen atoms in total. The van der Waals surface area contributed by atoms with Crippen molar-refractivity contribution in [2.24, 2.45) is 0 Å². The SMILES string of the molecule is COc1cccc(N2CC(NC(=O)NCC3CCCO3)CC2=O)c1. The van der Waals surface area contributed by atoms with Gasteiger partial charge in [0.2, 0.25) is 5.91 Å². The summed E-state index contributed by atoms with van der Waals surface area (Å²) in [7, 11) is 1.59. The monoisotopic (exact) mass is 333 g/mol. The van der Waals surface area contributed by atoms with Crippen molar-refractivity contribution >= 4 is 17.6 Å². The highest BCUT2D eigenvalue weighted by atomic mass is 16.5. The van der Waals surface area contributed by atoms with Crippen molar-refractivity contribution in [2.45, 2.75) is 31.4 Å². The van der Waals surface area contributed by atoms with Crippen LogP contribution in [0.2, 0.25) is 0 Å². The summed E-state index contributed by atoms with van der Waals surface area (Å²) in [5.41, 5.74) is 0.781. The second-order valence-corrected chi connectivity index (χ2v) is 6.10. The third kappa shape index (κ3) is 3.97. The molecule has 2 unspecified atom stereocenters. The zero-order chi connectivity index (χ0) is 16.9. The lowest BCUT2D eigenvalue weighted by Crippen LogP contribution is -2.45. The number of rotatable bonds is 5. The number of nitrogens with zero attached hydrogens (tertiary/aromatic N) is 1. The number of anilines is 1. The number of urea groups is 1. The highest BCUT2D eigenvalue weighted by molar-refractivity contribution is 5.97. The Morgan fingerprint density at radius 3 is 3.08 bits per heavy atom. The van der Waals surface area contributed by atoms with Crippen molar-refractivity contribution in [1.82, 2.24) is 10.6 Å². The number of hydrogen-bond acceptors (Lipinski definition) is 4. The minimum atomic E-state index is -0.254. The molecule has 0 aliphatic carbocycles. The van der Waals surface area contributed by atoms with E-state index in [9.17, 15) is 9.59 Å². The van der Waals surface area contributed by atoms with Gasteiger partial charge in [-0.25, -0.2) is 4.79 Å². The van der Waals surface area contributed by atoms with E-state index in [0.717, 1.165) is 25.1 Å². The van der Waals surface area contributed by atoms with Crippen LogP contribution >= 0.6 is 0 Å². The van der Waals surface area contributed by atoms with Crippen molar-refractivity contribution in [1.29, 1.82) is 0 Å². The van der Waals surface area contributed by atoms with E-state index < -0.39 is 0 Å². The first-order valence-electron chi connectivity index (χ1n) is 8.26. The predicted molar refractivity (Wildman–Crippen MR) is 89.3 cm³/mol. The average Bonchev–Trinajstić information content (AvgIpc) is 3.22. The molecule has 2 heterocycles. The Morgan fingerprint density at radius 2 is 2.33 bits per heavy atom. The van der Waals surface area contributed by atoms with Gasteiger partial charge in [-0.15, -0.1) is 0 Å². The second-order valence-electron chi connectivity index (χ2n) is 6.10. The molecular weight excluding hydrogens is 310 g/mol. The van der Waals surface area contributed by atoms with Gasteiger partial charge in [0.25, 0.3) is 0 Å². The van der Waals surface area contributed by atoms with Gasteiger partial charge in [-0.2, -0.15) is 0 Å². The first kappa shape index (κ1) is 16.6. The summed E-state index contributed by atoms with van der Waals surface area (Å²) in [5, 5.41) is 5.68. The molecule has 3 amide bonds. The third-order valence-corrected chi connectivity index (χ3v) is 4.34. The van der Waals surface area contributed by atoms with Crippen LogP contribution in [0.25, 0.3) is 0 Å². The van der Waals surface area contributed by atoms with Crippen LogP contribution in [-0.2, 0) is 9.53 Å². The molecule has 24 heavy (non-hydrogen) atoms. The van der Waals surface area contributed by atoms with Gasteiger partial charge < -0.3 is 25.0 Å². The Bertz CT molecular complexity index is 601. The highest BCUT2D eigenvalue weighted by Crippen LogP contribution is 2.25. The molecule has 0 radical (unpaired) electrons. The van der Waals surface area contributed by atoms with Crippen molar-refractivity contribution in [3.05, 3.63) is 24.3 Å². The Labute approximate surface area is 141 Å². The van der Waals surface area contributed by atoms with Crippen molar-refractivity contribution in [2.75, 3.05) is 31.7 Å². The maximum Gasteiger partial charge on any atom is 0.315 e. The molecule has 7 heteroatoms. The fourth-order valence-corrected chi connectivity index (χ4v) is 3.08. The number of methoxy groups -OCH3 is 1.